The van der Waals surface area contributed by atoms with Crippen LogP contribution in [0.15, 0.2) is 186 Å². The predicted molar refractivity (Wildman–Crippen MR) is 218 cm³/mol. The van der Waals surface area contributed by atoms with Crippen LogP contribution < -0.4 is 0 Å². The molecule has 11 aromatic rings. The zero-order chi connectivity index (χ0) is 40.4. The van der Waals surface area contributed by atoms with Gasteiger partial charge in [-0.25, -0.2) is 0 Å². The molecule has 0 aliphatic heterocycles. The third-order valence-corrected chi connectivity index (χ3v) is 10.3. The second kappa shape index (κ2) is 10.9. The number of benzene rings is 10. The Morgan fingerprint density at radius 2 is 0.922 bits per heavy atom. The van der Waals surface area contributed by atoms with Gasteiger partial charge in [0.2, 0.25) is 0 Å². The van der Waals surface area contributed by atoms with E-state index >= 15 is 0 Å². The molecule has 0 spiro atoms. The number of furan rings is 1. The Kier molecular flexibility index (Phi) is 4.57. The number of hydrogen-bond donors (Lipinski definition) is 0. The van der Waals surface area contributed by atoms with Crippen LogP contribution in [0.4, 0.5) is 0 Å². The molecule has 0 saturated carbocycles. The van der Waals surface area contributed by atoms with Crippen molar-refractivity contribution in [2.24, 2.45) is 0 Å². The fraction of sp³-hybridized carbons (Fsp3) is 0. The van der Waals surface area contributed by atoms with Crippen molar-refractivity contribution in [2.45, 2.75) is 0 Å². The van der Waals surface area contributed by atoms with Crippen LogP contribution in [0.1, 0.15) is 11.0 Å². The van der Waals surface area contributed by atoms with E-state index in [4.69, 9.17) is 9.90 Å². The Bertz CT molecular complexity index is 3560. The van der Waals surface area contributed by atoms with Crippen LogP contribution in [-0.4, -0.2) is 0 Å². The molecule has 0 N–H and O–H groups in total. The van der Waals surface area contributed by atoms with Gasteiger partial charge in [0, 0.05) is 10.8 Å². The summed E-state index contributed by atoms with van der Waals surface area (Å²) < 4.78 is 79.8. The van der Waals surface area contributed by atoms with Crippen molar-refractivity contribution < 1.29 is 15.4 Å². The third-order valence-electron chi connectivity index (χ3n) is 10.3. The zero-order valence-electron chi connectivity index (χ0n) is 35.1. The van der Waals surface area contributed by atoms with Gasteiger partial charge in [-0.2, -0.15) is 0 Å². The van der Waals surface area contributed by atoms with Gasteiger partial charge in [0.05, 0.1) is 11.0 Å². The molecule has 1 heteroatoms. The van der Waals surface area contributed by atoms with E-state index in [0.717, 1.165) is 65.4 Å². The third kappa shape index (κ3) is 4.22. The Morgan fingerprint density at radius 3 is 1.63 bits per heavy atom. The lowest BCUT2D eigenvalue weighted by Gasteiger charge is -2.19. The summed E-state index contributed by atoms with van der Waals surface area (Å²) in [6.07, 6.45) is 0. The number of fused-ring (bicyclic) bond motifs is 9. The summed E-state index contributed by atoms with van der Waals surface area (Å²) >= 11 is 0. The first-order chi connectivity index (χ1) is 28.6. The first-order valence-electron chi connectivity index (χ1n) is 20.9. The molecule has 1 heterocycles. The van der Waals surface area contributed by atoms with Gasteiger partial charge in [-0.1, -0.05) is 158 Å². The normalized spacial score (nSPS) is 14.1. The minimum atomic E-state index is -0.430. The van der Waals surface area contributed by atoms with E-state index in [9.17, 15) is 5.48 Å². The van der Waals surface area contributed by atoms with Crippen LogP contribution in [0.25, 0.3) is 109 Å². The van der Waals surface area contributed by atoms with E-state index in [0.29, 0.717) is 22.3 Å². The molecule has 0 aliphatic rings. The first-order valence-corrected chi connectivity index (χ1v) is 16.9. The van der Waals surface area contributed by atoms with Crippen LogP contribution >= 0.6 is 0 Å². The first kappa shape index (κ1) is 21.4. The summed E-state index contributed by atoms with van der Waals surface area (Å²) in [7, 11) is 0. The van der Waals surface area contributed by atoms with Crippen LogP contribution in [0.3, 0.4) is 0 Å². The van der Waals surface area contributed by atoms with E-state index in [1.165, 1.54) is 0 Å². The smallest absolute Gasteiger partial charge is 0.136 e. The second-order valence-electron chi connectivity index (χ2n) is 13.0. The topological polar surface area (TPSA) is 13.1 Å². The standard InChI is InChI=1S/C50H30O/c1-2-13-34-30-47-45(28-33(34)12-1)50-37(22-11-23-46(50)51-47)31-24-26-32(27-25-31)48-40-18-7-9-20-42(40)49(43-21-10-8-19-41(43)48)44-29-35-14-3-4-15-36(35)38-16-5-6-17-39(38)44/h1-30H/i7D,8D,9D,10D,18D,19D,20D,21D. The SMILES string of the molecule is [2H]c1c([2H])c([2H])c2c(-c3cc4ccccc4c4ccccc34)c3c([2H])c([2H])c([2H])c([2H])c3c(-c3ccc(-c4cccc5oc6cc7ccccc7cc6c45)cc3)c2c1[2H]. The number of hydrogen-bond acceptors (Lipinski definition) is 1. The highest BCUT2D eigenvalue weighted by atomic mass is 16.3. The molecule has 0 saturated heterocycles. The Morgan fingerprint density at radius 1 is 0.353 bits per heavy atom. The molecule has 10 aromatic carbocycles. The average molecular weight is 655 g/mol. The summed E-state index contributed by atoms with van der Waals surface area (Å²) in [4.78, 5) is 0. The maximum atomic E-state index is 9.47. The molecule has 51 heavy (non-hydrogen) atoms. The fourth-order valence-corrected chi connectivity index (χ4v) is 8.01. The molecular formula is C50H30O. The van der Waals surface area contributed by atoms with Crippen LogP contribution in [0.5, 0.6) is 0 Å². The minimum absolute atomic E-state index is 0.184. The monoisotopic (exact) mass is 654 g/mol. The van der Waals surface area contributed by atoms with Gasteiger partial charge in [0.15, 0.2) is 0 Å². The number of rotatable bonds is 3. The molecule has 1 nitrogen and oxygen atoms in total. The van der Waals surface area contributed by atoms with Crippen molar-refractivity contribution in [1.29, 1.82) is 0 Å². The van der Waals surface area contributed by atoms with Gasteiger partial charge in [0.25, 0.3) is 0 Å². The quantitative estimate of drug-likeness (QED) is 0.136. The maximum absolute atomic E-state index is 9.47. The molecule has 1 aromatic heterocycles. The van der Waals surface area contributed by atoms with Crippen molar-refractivity contribution in [3.63, 3.8) is 0 Å². The molecule has 0 radical (unpaired) electrons. The highest BCUT2D eigenvalue weighted by Gasteiger charge is 2.19. The van der Waals surface area contributed by atoms with Gasteiger partial charge in [-0.3, -0.25) is 0 Å². The van der Waals surface area contributed by atoms with Crippen molar-refractivity contribution in [3.8, 4) is 33.4 Å². The molecule has 0 aliphatic carbocycles. The lowest BCUT2D eigenvalue weighted by Crippen LogP contribution is -1.92. The molecule has 0 bridgehead atoms. The summed E-state index contributed by atoms with van der Waals surface area (Å²) in [6.45, 7) is 0. The molecule has 0 atom stereocenters. The molecule has 11 rings (SSSR count). The average Bonchev–Trinajstić information content (AvgIpc) is 3.64. The molecule has 0 fully saturated rings. The lowest BCUT2D eigenvalue weighted by atomic mass is 9.83. The van der Waals surface area contributed by atoms with Crippen LogP contribution in [0, 0.1) is 0 Å². The predicted octanol–water partition coefficient (Wildman–Crippen LogP) is 14.4. The van der Waals surface area contributed by atoms with Crippen LogP contribution in [-0.2, 0) is 0 Å². The van der Waals surface area contributed by atoms with E-state index in [1.54, 1.807) is 0 Å². The zero-order valence-corrected chi connectivity index (χ0v) is 27.1. The molecular weight excluding hydrogens is 617 g/mol. The van der Waals surface area contributed by atoms with E-state index in [-0.39, 0.29) is 45.7 Å². The van der Waals surface area contributed by atoms with Crippen molar-refractivity contribution in [2.75, 3.05) is 0 Å². The van der Waals surface area contributed by atoms with Gasteiger partial charge >= 0.3 is 0 Å². The molecule has 236 valence electrons. The Hall–Kier alpha value is -6.70. The fourth-order valence-electron chi connectivity index (χ4n) is 8.01. The lowest BCUT2D eigenvalue weighted by molar-refractivity contribution is 0.669. The molecule has 0 unspecified atom stereocenters. The van der Waals surface area contributed by atoms with Gasteiger partial charge in [-0.05, 0) is 112 Å². The second-order valence-corrected chi connectivity index (χ2v) is 13.0. The largest absolute Gasteiger partial charge is 0.456 e. The van der Waals surface area contributed by atoms with Gasteiger partial charge in [-0.15, -0.1) is 0 Å². The van der Waals surface area contributed by atoms with Crippen molar-refractivity contribution >= 4 is 75.8 Å². The minimum Gasteiger partial charge on any atom is -0.456 e. The van der Waals surface area contributed by atoms with E-state index < -0.39 is 24.2 Å². The summed E-state index contributed by atoms with van der Waals surface area (Å²) in [5, 5.41) is 8.46. The van der Waals surface area contributed by atoms with Crippen LogP contribution in [0.2, 0.25) is 0 Å². The van der Waals surface area contributed by atoms with E-state index in [1.807, 2.05) is 109 Å². The Labute approximate surface area is 305 Å². The summed E-state index contributed by atoms with van der Waals surface area (Å²) in [5.41, 5.74) is 5.16. The highest BCUT2D eigenvalue weighted by molar-refractivity contribution is 6.26. The maximum Gasteiger partial charge on any atom is 0.136 e. The van der Waals surface area contributed by atoms with Gasteiger partial charge < -0.3 is 4.42 Å². The van der Waals surface area contributed by atoms with Gasteiger partial charge in [0.1, 0.15) is 11.2 Å². The summed E-state index contributed by atoms with van der Waals surface area (Å²) in [5.74, 6) is 0. The van der Waals surface area contributed by atoms with E-state index in [2.05, 4.69) is 24.3 Å². The van der Waals surface area contributed by atoms with Crippen molar-refractivity contribution in [3.05, 3.63) is 182 Å². The van der Waals surface area contributed by atoms with Crippen molar-refractivity contribution in [1.82, 2.24) is 0 Å². The summed E-state index contributed by atoms with van der Waals surface area (Å²) in [6, 6.07) is 40.7. The Balaban J connectivity index is 1.25. The molecule has 0 amide bonds. The highest BCUT2D eigenvalue weighted by Crippen LogP contribution is 2.47.